The van der Waals surface area contributed by atoms with Crippen LogP contribution in [0.15, 0.2) is 35.5 Å². The van der Waals surface area contributed by atoms with Crippen molar-refractivity contribution in [1.29, 1.82) is 0 Å². The van der Waals surface area contributed by atoms with Crippen molar-refractivity contribution in [3.05, 3.63) is 47.3 Å². The van der Waals surface area contributed by atoms with Gasteiger partial charge in [0.15, 0.2) is 0 Å². The molecular weight excluding hydrogens is 329 g/mol. The van der Waals surface area contributed by atoms with Gasteiger partial charge in [-0.05, 0) is 30.5 Å². The lowest BCUT2D eigenvalue weighted by atomic mass is 9.98. The largest absolute Gasteiger partial charge is 0.335 e. The topological polar surface area (TPSA) is 64.0 Å². The predicted octanol–water partition coefficient (Wildman–Crippen LogP) is 2.22. The summed E-state index contributed by atoms with van der Waals surface area (Å²) in [6.07, 6.45) is 5.24. The highest BCUT2D eigenvalue weighted by Crippen LogP contribution is 2.23. The van der Waals surface area contributed by atoms with Crippen molar-refractivity contribution < 1.29 is 12.8 Å². The summed E-state index contributed by atoms with van der Waals surface area (Å²) in [7, 11) is -3.83. The van der Waals surface area contributed by atoms with E-state index >= 15 is 0 Å². The Balaban J connectivity index is 1.69. The number of aryl methyl sites for hydroxylation is 1. The first-order valence-electron chi connectivity index (χ1n) is 6.90. The van der Waals surface area contributed by atoms with Crippen molar-refractivity contribution in [2.75, 3.05) is 6.54 Å². The van der Waals surface area contributed by atoms with Crippen molar-refractivity contribution in [2.24, 2.45) is 5.92 Å². The number of nitrogens with one attached hydrogen (secondary N) is 1. The van der Waals surface area contributed by atoms with E-state index in [0.29, 0.717) is 6.42 Å². The molecule has 1 N–H and O–H groups in total. The average Bonchev–Trinajstić information content (AvgIpc) is 2.95. The third kappa shape index (κ3) is 3.16. The van der Waals surface area contributed by atoms with E-state index in [-0.39, 0.29) is 22.4 Å². The number of sulfonamides is 1. The van der Waals surface area contributed by atoms with Crippen LogP contribution in [0.2, 0.25) is 5.02 Å². The molecule has 1 aromatic heterocycles. The molecule has 0 saturated heterocycles. The minimum absolute atomic E-state index is 0.00749. The number of hydrogen-bond donors (Lipinski definition) is 1. The van der Waals surface area contributed by atoms with Gasteiger partial charge in [0.1, 0.15) is 16.5 Å². The summed E-state index contributed by atoms with van der Waals surface area (Å²) in [6, 6.07) is 3.30. The van der Waals surface area contributed by atoms with E-state index in [1.165, 1.54) is 6.07 Å². The van der Waals surface area contributed by atoms with Crippen molar-refractivity contribution in [3.63, 3.8) is 0 Å². The molecule has 0 aliphatic carbocycles. The van der Waals surface area contributed by atoms with Crippen LogP contribution >= 0.6 is 11.6 Å². The Hall–Kier alpha value is -1.44. The molecule has 8 heteroatoms. The van der Waals surface area contributed by atoms with Gasteiger partial charge in [0.25, 0.3) is 0 Å². The zero-order valence-corrected chi connectivity index (χ0v) is 13.2. The molecule has 2 aromatic rings. The maximum Gasteiger partial charge on any atom is 0.242 e. The fourth-order valence-corrected chi connectivity index (χ4v) is 4.20. The van der Waals surface area contributed by atoms with Gasteiger partial charge in [-0.25, -0.2) is 22.5 Å². The van der Waals surface area contributed by atoms with Crippen LogP contribution in [-0.4, -0.2) is 24.5 Å². The molecule has 1 aromatic carbocycles. The van der Waals surface area contributed by atoms with Crippen LogP contribution < -0.4 is 4.72 Å². The number of nitrogens with zero attached hydrogens (tertiary/aromatic N) is 2. The smallest absolute Gasteiger partial charge is 0.242 e. The van der Waals surface area contributed by atoms with Crippen LogP contribution in [0.5, 0.6) is 0 Å². The zero-order valence-electron chi connectivity index (χ0n) is 11.7. The number of halogens is 2. The maximum absolute atomic E-state index is 13.2. The normalized spacial score (nSPS) is 18.2. The Bertz CT molecular complexity index is 791. The summed E-state index contributed by atoms with van der Waals surface area (Å²) >= 11 is 5.86. The van der Waals surface area contributed by atoms with E-state index in [9.17, 15) is 12.8 Å². The summed E-state index contributed by atoms with van der Waals surface area (Å²) in [5.41, 5.74) is 0. The molecule has 1 aliphatic rings. The number of rotatable bonds is 4. The molecule has 2 heterocycles. The molecule has 0 fully saturated rings. The second kappa shape index (κ2) is 5.98. The number of imidazole rings is 1. The zero-order chi connectivity index (χ0) is 15.7. The molecule has 22 heavy (non-hydrogen) atoms. The first-order chi connectivity index (χ1) is 10.5. The maximum atomic E-state index is 13.2. The van der Waals surface area contributed by atoms with Gasteiger partial charge in [-0.15, -0.1) is 0 Å². The molecule has 0 amide bonds. The SMILES string of the molecule is O=S(=O)(NC[C@@H]1CCn2ccnc2C1)c1cc(F)ccc1Cl. The highest BCUT2D eigenvalue weighted by atomic mass is 35.5. The first-order valence-corrected chi connectivity index (χ1v) is 8.76. The molecule has 1 atom stereocenters. The number of fused-ring (bicyclic) bond motifs is 1. The van der Waals surface area contributed by atoms with Gasteiger partial charge >= 0.3 is 0 Å². The van der Waals surface area contributed by atoms with E-state index in [1.807, 2.05) is 6.20 Å². The second-order valence-electron chi connectivity index (χ2n) is 5.32. The summed E-state index contributed by atoms with van der Waals surface area (Å²) in [5, 5.41) is 0.00749. The summed E-state index contributed by atoms with van der Waals surface area (Å²) < 4.78 is 42.3. The molecule has 0 bridgehead atoms. The van der Waals surface area contributed by atoms with Crippen molar-refractivity contribution in [2.45, 2.75) is 24.3 Å². The van der Waals surface area contributed by atoms with Gasteiger partial charge in [0.05, 0.1) is 5.02 Å². The Kier molecular flexibility index (Phi) is 4.20. The predicted molar refractivity (Wildman–Crippen MR) is 80.6 cm³/mol. The standard InChI is InChI=1S/C14H15ClFN3O2S/c15-12-2-1-11(16)8-13(12)22(20,21)18-9-10-3-5-19-6-4-17-14(19)7-10/h1-2,4,6,8,10,18H,3,5,7,9H2/t10-/m1/s1. The Labute approximate surface area is 133 Å². The molecular formula is C14H15ClFN3O2S. The van der Waals surface area contributed by atoms with Gasteiger partial charge in [0.2, 0.25) is 10.0 Å². The van der Waals surface area contributed by atoms with Gasteiger partial charge in [0, 0.05) is 31.9 Å². The Morgan fingerprint density at radius 3 is 3.09 bits per heavy atom. The molecule has 3 rings (SSSR count). The molecule has 0 saturated carbocycles. The van der Waals surface area contributed by atoms with Crippen molar-refractivity contribution >= 4 is 21.6 Å². The Morgan fingerprint density at radius 1 is 1.45 bits per heavy atom. The van der Waals surface area contributed by atoms with Crippen LogP contribution in [0.3, 0.4) is 0 Å². The van der Waals surface area contributed by atoms with Crippen LogP contribution in [0, 0.1) is 11.7 Å². The van der Waals surface area contributed by atoms with E-state index in [2.05, 4.69) is 14.3 Å². The Morgan fingerprint density at radius 2 is 2.27 bits per heavy atom. The fraction of sp³-hybridized carbons (Fsp3) is 0.357. The van der Waals surface area contributed by atoms with Crippen LogP contribution in [0.4, 0.5) is 4.39 Å². The summed E-state index contributed by atoms with van der Waals surface area (Å²) in [6.45, 7) is 1.10. The number of hydrogen-bond acceptors (Lipinski definition) is 3. The van der Waals surface area contributed by atoms with E-state index < -0.39 is 15.8 Å². The molecule has 0 radical (unpaired) electrons. The fourth-order valence-electron chi connectivity index (χ4n) is 2.58. The highest BCUT2D eigenvalue weighted by molar-refractivity contribution is 7.89. The quantitative estimate of drug-likeness (QED) is 0.925. The van der Waals surface area contributed by atoms with Crippen molar-refractivity contribution in [1.82, 2.24) is 14.3 Å². The summed E-state index contributed by atoms with van der Waals surface area (Å²) in [4.78, 5) is 4.02. The molecule has 0 spiro atoms. The average molecular weight is 344 g/mol. The number of aromatic nitrogens is 2. The summed E-state index contributed by atoms with van der Waals surface area (Å²) in [5.74, 6) is 0.487. The highest BCUT2D eigenvalue weighted by Gasteiger charge is 2.23. The van der Waals surface area contributed by atoms with Gasteiger partial charge in [-0.1, -0.05) is 11.6 Å². The first kappa shape index (κ1) is 15.5. The van der Waals surface area contributed by atoms with Gasteiger partial charge < -0.3 is 4.57 Å². The third-order valence-electron chi connectivity index (χ3n) is 3.80. The molecule has 0 unspecified atom stereocenters. The van der Waals surface area contributed by atoms with Crippen LogP contribution in [-0.2, 0) is 23.0 Å². The van der Waals surface area contributed by atoms with Crippen LogP contribution in [0.25, 0.3) is 0 Å². The molecule has 118 valence electrons. The lowest BCUT2D eigenvalue weighted by molar-refractivity contribution is 0.379. The van der Waals surface area contributed by atoms with Crippen LogP contribution in [0.1, 0.15) is 12.2 Å². The van der Waals surface area contributed by atoms with E-state index in [0.717, 1.165) is 30.9 Å². The molecule has 1 aliphatic heterocycles. The number of benzene rings is 1. The minimum Gasteiger partial charge on any atom is -0.335 e. The van der Waals surface area contributed by atoms with Crippen molar-refractivity contribution in [3.8, 4) is 0 Å². The minimum atomic E-state index is -3.83. The molecule has 5 nitrogen and oxygen atoms in total. The third-order valence-corrected chi connectivity index (χ3v) is 5.70. The second-order valence-corrected chi connectivity index (χ2v) is 7.46. The van der Waals surface area contributed by atoms with E-state index in [4.69, 9.17) is 11.6 Å². The lowest BCUT2D eigenvalue weighted by Crippen LogP contribution is -2.33. The lowest BCUT2D eigenvalue weighted by Gasteiger charge is -2.23. The van der Waals surface area contributed by atoms with E-state index in [1.54, 1.807) is 6.20 Å². The van der Waals surface area contributed by atoms with Gasteiger partial charge in [-0.2, -0.15) is 0 Å². The van der Waals surface area contributed by atoms with Gasteiger partial charge in [-0.3, -0.25) is 0 Å². The monoisotopic (exact) mass is 343 g/mol.